The number of carbonyl (C=O) groups excluding carboxylic acids is 1. The van der Waals surface area contributed by atoms with Crippen LogP contribution in [0, 0.1) is 17.5 Å². The second-order valence-corrected chi connectivity index (χ2v) is 6.55. The van der Waals surface area contributed by atoms with Crippen LogP contribution in [0.15, 0.2) is 40.9 Å². The van der Waals surface area contributed by atoms with E-state index in [9.17, 15) is 18.0 Å². The molecule has 0 saturated carbocycles. The number of nitrogens with zero attached hydrogens (tertiary/aromatic N) is 3. The summed E-state index contributed by atoms with van der Waals surface area (Å²) in [6.07, 6.45) is 1.33. The van der Waals surface area contributed by atoms with Gasteiger partial charge in [-0.3, -0.25) is 4.79 Å². The molecular weight excluding hydrogens is 371 g/mol. The molecule has 5 nitrogen and oxygen atoms in total. The highest BCUT2D eigenvalue weighted by molar-refractivity contribution is 5.94. The van der Waals surface area contributed by atoms with Gasteiger partial charge in [-0.05, 0) is 43.2 Å². The smallest absolute Gasteiger partial charge is 0.227 e. The number of carbonyl (C=O) groups is 1. The Kier molecular flexibility index (Phi) is 4.85. The maximum atomic E-state index is 14.0. The van der Waals surface area contributed by atoms with E-state index in [0.717, 1.165) is 6.07 Å². The van der Waals surface area contributed by atoms with Gasteiger partial charge in [0.25, 0.3) is 0 Å². The molecule has 3 aromatic rings. The lowest BCUT2D eigenvalue weighted by Gasteiger charge is -2.29. The van der Waals surface area contributed by atoms with Crippen molar-refractivity contribution in [2.75, 3.05) is 11.4 Å². The molecule has 0 bridgehead atoms. The summed E-state index contributed by atoms with van der Waals surface area (Å²) in [4.78, 5) is 18.2. The average Bonchev–Trinajstić information content (AvgIpc) is 3.15. The molecule has 0 fully saturated rings. The molecule has 0 saturated heterocycles. The first-order chi connectivity index (χ1) is 13.5. The standard InChI is InChI=1S/C20H16F3N3O2/c21-13-5-3-12(4-6-13)20-24-18(28-25-20)7-8-19(27)26-9-1-2-15-16(23)10-14(22)11-17(15)26/h3-6,10-11H,1-2,7-9H2. The first-order valence-electron chi connectivity index (χ1n) is 8.88. The molecular formula is C20H16F3N3O2. The molecule has 2 aromatic carbocycles. The Labute approximate surface area is 158 Å². The SMILES string of the molecule is O=C(CCc1nc(-c2ccc(F)cc2)no1)N1CCCc2c(F)cc(F)cc21. The summed E-state index contributed by atoms with van der Waals surface area (Å²) in [7, 11) is 0. The molecule has 1 aliphatic heterocycles. The first-order valence-corrected chi connectivity index (χ1v) is 8.88. The number of halogens is 3. The Morgan fingerprint density at radius 3 is 2.68 bits per heavy atom. The Bertz CT molecular complexity index is 1020. The summed E-state index contributed by atoms with van der Waals surface area (Å²) in [5.41, 5.74) is 1.24. The number of aromatic nitrogens is 2. The summed E-state index contributed by atoms with van der Waals surface area (Å²) in [5, 5.41) is 3.83. The largest absolute Gasteiger partial charge is 0.339 e. The van der Waals surface area contributed by atoms with Gasteiger partial charge in [0.15, 0.2) is 0 Å². The van der Waals surface area contributed by atoms with Crippen LogP contribution < -0.4 is 4.90 Å². The molecule has 4 rings (SSSR count). The number of amides is 1. The fourth-order valence-electron chi connectivity index (χ4n) is 3.29. The van der Waals surface area contributed by atoms with Gasteiger partial charge in [-0.1, -0.05) is 5.16 Å². The lowest BCUT2D eigenvalue weighted by molar-refractivity contribution is -0.118. The number of hydrogen-bond donors (Lipinski definition) is 0. The molecule has 1 amide bonds. The van der Waals surface area contributed by atoms with Crippen LogP contribution in [0.25, 0.3) is 11.4 Å². The van der Waals surface area contributed by atoms with E-state index in [0.29, 0.717) is 36.3 Å². The molecule has 1 aliphatic rings. The van der Waals surface area contributed by atoms with E-state index in [1.165, 1.54) is 35.2 Å². The predicted octanol–water partition coefficient (Wildman–Crippen LogP) is 4.07. The van der Waals surface area contributed by atoms with Crippen molar-refractivity contribution in [3.8, 4) is 11.4 Å². The van der Waals surface area contributed by atoms with Gasteiger partial charge in [-0.15, -0.1) is 0 Å². The van der Waals surface area contributed by atoms with Crippen molar-refractivity contribution in [2.24, 2.45) is 0 Å². The fourth-order valence-corrected chi connectivity index (χ4v) is 3.29. The van der Waals surface area contributed by atoms with Crippen molar-refractivity contribution in [2.45, 2.75) is 25.7 Å². The predicted molar refractivity (Wildman–Crippen MR) is 95.0 cm³/mol. The minimum Gasteiger partial charge on any atom is -0.339 e. The zero-order valence-electron chi connectivity index (χ0n) is 14.8. The van der Waals surface area contributed by atoms with Gasteiger partial charge in [0.2, 0.25) is 17.6 Å². The van der Waals surface area contributed by atoms with Gasteiger partial charge in [0.05, 0.1) is 5.69 Å². The molecule has 28 heavy (non-hydrogen) atoms. The molecule has 8 heteroatoms. The molecule has 0 unspecified atom stereocenters. The number of aryl methyl sites for hydroxylation is 1. The van der Waals surface area contributed by atoms with E-state index in [4.69, 9.17) is 4.52 Å². The lowest BCUT2D eigenvalue weighted by atomic mass is 10.0. The highest BCUT2D eigenvalue weighted by Gasteiger charge is 2.26. The third kappa shape index (κ3) is 3.62. The van der Waals surface area contributed by atoms with Crippen molar-refractivity contribution in [1.82, 2.24) is 10.1 Å². The molecule has 0 aliphatic carbocycles. The summed E-state index contributed by atoms with van der Waals surface area (Å²) in [6.45, 7) is 0.402. The Hall–Kier alpha value is -3.16. The van der Waals surface area contributed by atoms with Crippen molar-refractivity contribution in [3.05, 3.63) is 65.3 Å². The molecule has 0 N–H and O–H groups in total. The topological polar surface area (TPSA) is 59.2 Å². The summed E-state index contributed by atoms with van der Waals surface area (Å²) in [5.74, 6) is -1.42. The summed E-state index contributed by atoms with van der Waals surface area (Å²) < 4.78 is 45.7. The van der Waals surface area contributed by atoms with E-state index >= 15 is 0 Å². The van der Waals surface area contributed by atoms with Crippen LogP contribution >= 0.6 is 0 Å². The lowest BCUT2D eigenvalue weighted by Crippen LogP contribution is -2.36. The quantitative estimate of drug-likeness (QED) is 0.677. The zero-order valence-corrected chi connectivity index (χ0v) is 14.8. The minimum atomic E-state index is -0.711. The highest BCUT2D eigenvalue weighted by Crippen LogP contribution is 2.31. The van der Waals surface area contributed by atoms with Crippen molar-refractivity contribution < 1.29 is 22.5 Å². The van der Waals surface area contributed by atoms with E-state index in [1.807, 2.05) is 0 Å². The van der Waals surface area contributed by atoms with Crippen molar-refractivity contribution in [3.63, 3.8) is 0 Å². The molecule has 0 spiro atoms. The van der Waals surface area contributed by atoms with Gasteiger partial charge in [0.1, 0.15) is 17.5 Å². The molecule has 2 heterocycles. The first kappa shape index (κ1) is 18.2. The van der Waals surface area contributed by atoms with Crippen molar-refractivity contribution >= 4 is 11.6 Å². The van der Waals surface area contributed by atoms with Gasteiger partial charge in [0, 0.05) is 36.6 Å². The second kappa shape index (κ2) is 7.46. The van der Waals surface area contributed by atoms with Gasteiger partial charge < -0.3 is 9.42 Å². The van der Waals surface area contributed by atoms with Crippen LogP contribution in [-0.2, 0) is 17.6 Å². The summed E-state index contributed by atoms with van der Waals surface area (Å²) in [6, 6.07) is 7.67. The second-order valence-electron chi connectivity index (χ2n) is 6.55. The maximum Gasteiger partial charge on any atom is 0.227 e. The van der Waals surface area contributed by atoms with Crippen LogP contribution in [0.2, 0.25) is 0 Å². The number of fused-ring (bicyclic) bond motifs is 1. The van der Waals surface area contributed by atoms with Gasteiger partial charge in [-0.25, -0.2) is 13.2 Å². The van der Waals surface area contributed by atoms with E-state index in [2.05, 4.69) is 10.1 Å². The Morgan fingerprint density at radius 2 is 1.89 bits per heavy atom. The van der Waals surface area contributed by atoms with E-state index < -0.39 is 11.6 Å². The molecule has 1 aromatic heterocycles. The van der Waals surface area contributed by atoms with E-state index in [-0.39, 0.29) is 36.1 Å². The monoisotopic (exact) mass is 387 g/mol. The normalized spacial score (nSPS) is 13.5. The van der Waals surface area contributed by atoms with Gasteiger partial charge in [-0.2, -0.15) is 4.98 Å². The Balaban J connectivity index is 1.45. The molecule has 0 atom stereocenters. The summed E-state index contributed by atoms with van der Waals surface area (Å²) >= 11 is 0. The number of anilines is 1. The number of rotatable bonds is 4. The third-order valence-corrected chi connectivity index (χ3v) is 4.66. The Morgan fingerprint density at radius 1 is 1.11 bits per heavy atom. The van der Waals surface area contributed by atoms with Gasteiger partial charge >= 0.3 is 0 Å². The van der Waals surface area contributed by atoms with E-state index in [1.54, 1.807) is 0 Å². The number of hydrogen-bond acceptors (Lipinski definition) is 4. The number of benzene rings is 2. The molecule has 0 radical (unpaired) electrons. The van der Waals surface area contributed by atoms with Crippen molar-refractivity contribution in [1.29, 1.82) is 0 Å². The molecule has 144 valence electrons. The van der Waals surface area contributed by atoms with Crippen LogP contribution in [0.3, 0.4) is 0 Å². The van der Waals surface area contributed by atoms with Crippen LogP contribution in [0.5, 0.6) is 0 Å². The highest BCUT2D eigenvalue weighted by atomic mass is 19.1. The third-order valence-electron chi connectivity index (χ3n) is 4.66. The van der Waals surface area contributed by atoms with Crippen LogP contribution in [-0.4, -0.2) is 22.6 Å². The average molecular weight is 387 g/mol. The van der Waals surface area contributed by atoms with Crippen LogP contribution in [0.1, 0.15) is 24.3 Å². The minimum absolute atomic E-state index is 0.0582. The van der Waals surface area contributed by atoms with Crippen LogP contribution in [0.4, 0.5) is 18.9 Å². The maximum absolute atomic E-state index is 14.0. The fraction of sp³-hybridized carbons (Fsp3) is 0.250. The zero-order chi connectivity index (χ0) is 19.7.